The molecule has 3 rings (SSSR count). The van der Waals surface area contributed by atoms with Crippen LogP contribution < -0.4 is 10.2 Å². The molecule has 0 unspecified atom stereocenters. The smallest absolute Gasteiger partial charge is 0.246 e. The highest BCUT2D eigenvalue weighted by Crippen LogP contribution is 2.25. The van der Waals surface area contributed by atoms with Gasteiger partial charge in [-0.1, -0.05) is 24.3 Å². The van der Waals surface area contributed by atoms with Crippen LogP contribution in [0.4, 0.5) is 15.8 Å². The molecular weight excluding hydrogens is 355 g/mol. The molecule has 1 fully saturated rings. The lowest BCUT2D eigenvalue weighted by atomic mass is 10.1. The van der Waals surface area contributed by atoms with Gasteiger partial charge >= 0.3 is 0 Å². The fourth-order valence-corrected chi connectivity index (χ4v) is 4.87. The largest absolute Gasteiger partial charge is 0.376 e. The second-order valence-electron chi connectivity index (χ2n) is 6.47. The Balaban J connectivity index is 1.80. The maximum Gasteiger partial charge on any atom is 0.246 e. The third-order valence-electron chi connectivity index (χ3n) is 4.51. The lowest BCUT2D eigenvalue weighted by Gasteiger charge is -2.28. The molecule has 1 N–H and O–H groups in total. The molecule has 1 aliphatic rings. The summed E-state index contributed by atoms with van der Waals surface area (Å²) < 4.78 is 37.2. The number of amides is 1. The van der Waals surface area contributed by atoms with E-state index < -0.39 is 9.84 Å². The molecule has 2 aromatic carbocycles. The predicted molar refractivity (Wildman–Crippen MR) is 101 cm³/mol. The minimum Gasteiger partial charge on any atom is -0.376 e. The van der Waals surface area contributed by atoms with Crippen molar-refractivity contribution in [2.24, 2.45) is 0 Å². The minimum absolute atomic E-state index is 0.0351. The molecule has 1 heterocycles. The fraction of sp³-hybridized carbons (Fsp3) is 0.316. The highest BCUT2D eigenvalue weighted by Gasteiger charge is 2.35. The number of nitrogens with zero attached hydrogens (tertiary/aromatic N) is 1. The second-order valence-corrected chi connectivity index (χ2v) is 8.70. The van der Waals surface area contributed by atoms with E-state index in [1.807, 2.05) is 25.1 Å². The first-order chi connectivity index (χ1) is 12.4. The Morgan fingerprint density at radius 3 is 2.62 bits per heavy atom. The van der Waals surface area contributed by atoms with E-state index in [-0.39, 0.29) is 35.8 Å². The van der Waals surface area contributed by atoms with Gasteiger partial charge in [0.2, 0.25) is 5.91 Å². The van der Waals surface area contributed by atoms with Gasteiger partial charge in [-0.25, -0.2) is 12.8 Å². The number of aryl methyl sites for hydroxylation is 1. The van der Waals surface area contributed by atoms with Crippen LogP contribution >= 0.6 is 0 Å². The summed E-state index contributed by atoms with van der Waals surface area (Å²) in [5.41, 5.74) is 2.04. The van der Waals surface area contributed by atoms with E-state index in [2.05, 4.69) is 5.32 Å². The summed E-state index contributed by atoms with van der Waals surface area (Å²) in [5.74, 6) is -0.577. The summed E-state index contributed by atoms with van der Waals surface area (Å²) in [5, 5.41) is 2.97. The summed E-state index contributed by atoms with van der Waals surface area (Å²) in [4.78, 5) is 14.4. The van der Waals surface area contributed by atoms with Crippen LogP contribution in [0.3, 0.4) is 0 Å². The van der Waals surface area contributed by atoms with Crippen molar-refractivity contribution in [3.05, 3.63) is 59.9 Å². The average Bonchev–Trinajstić information content (AvgIpc) is 2.96. The number of nitrogens with one attached hydrogen (secondary N) is 1. The zero-order valence-electron chi connectivity index (χ0n) is 14.5. The minimum atomic E-state index is -3.13. The summed E-state index contributed by atoms with van der Waals surface area (Å²) in [7, 11) is -3.13. The molecule has 0 bridgehead atoms. The van der Waals surface area contributed by atoms with E-state index in [9.17, 15) is 17.6 Å². The van der Waals surface area contributed by atoms with E-state index in [1.54, 1.807) is 23.1 Å². The van der Waals surface area contributed by atoms with Crippen molar-refractivity contribution in [3.63, 3.8) is 0 Å². The zero-order chi connectivity index (χ0) is 18.7. The number of sulfone groups is 1. The van der Waals surface area contributed by atoms with Gasteiger partial charge in [0, 0.05) is 11.4 Å². The van der Waals surface area contributed by atoms with Crippen LogP contribution in [0, 0.1) is 12.7 Å². The molecule has 138 valence electrons. The van der Waals surface area contributed by atoms with Gasteiger partial charge in [0.05, 0.1) is 24.1 Å². The van der Waals surface area contributed by atoms with Gasteiger partial charge in [0.25, 0.3) is 0 Å². The number of carbonyl (C=O) groups is 1. The van der Waals surface area contributed by atoms with Crippen LogP contribution in [0.2, 0.25) is 0 Å². The van der Waals surface area contributed by atoms with Crippen molar-refractivity contribution in [1.82, 2.24) is 0 Å². The average molecular weight is 376 g/mol. The van der Waals surface area contributed by atoms with Crippen LogP contribution in [0.5, 0.6) is 0 Å². The van der Waals surface area contributed by atoms with E-state index in [0.29, 0.717) is 17.8 Å². The molecule has 2 aromatic rings. The van der Waals surface area contributed by atoms with E-state index in [4.69, 9.17) is 0 Å². The molecule has 1 amide bonds. The number of benzene rings is 2. The third-order valence-corrected chi connectivity index (χ3v) is 6.26. The Bertz CT molecular complexity index is 900. The van der Waals surface area contributed by atoms with Crippen molar-refractivity contribution in [2.45, 2.75) is 19.4 Å². The van der Waals surface area contributed by atoms with Crippen LogP contribution in [0.1, 0.15) is 12.0 Å². The van der Waals surface area contributed by atoms with Gasteiger partial charge in [-0.05, 0) is 43.2 Å². The van der Waals surface area contributed by atoms with Gasteiger partial charge in [0.1, 0.15) is 5.82 Å². The van der Waals surface area contributed by atoms with Crippen LogP contribution in [-0.2, 0) is 14.6 Å². The van der Waals surface area contributed by atoms with Gasteiger partial charge in [-0.2, -0.15) is 0 Å². The van der Waals surface area contributed by atoms with E-state index >= 15 is 0 Å². The molecule has 26 heavy (non-hydrogen) atoms. The number of hydrogen-bond donors (Lipinski definition) is 1. The molecule has 0 aromatic heterocycles. The normalized spacial score (nSPS) is 18.5. The first kappa shape index (κ1) is 18.4. The summed E-state index contributed by atoms with van der Waals surface area (Å²) in [6, 6.07) is 13.0. The molecule has 1 aliphatic heterocycles. The number of para-hydroxylation sites is 1. The Kier molecular flexibility index (Phi) is 5.27. The summed E-state index contributed by atoms with van der Waals surface area (Å²) in [6.07, 6.45) is 0.419. The molecule has 0 aliphatic carbocycles. The molecule has 0 saturated carbocycles. The molecule has 0 radical (unpaired) electrons. The first-order valence-corrected chi connectivity index (χ1v) is 10.3. The molecule has 0 spiro atoms. The van der Waals surface area contributed by atoms with E-state index in [1.165, 1.54) is 12.1 Å². The van der Waals surface area contributed by atoms with Crippen molar-refractivity contribution in [3.8, 4) is 0 Å². The fourth-order valence-electron chi connectivity index (χ4n) is 3.17. The summed E-state index contributed by atoms with van der Waals surface area (Å²) >= 11 is 0. The zero-order valence-corrected chi connectivity index (χ0v) is 15.3. The standard InChI is InChI=1S/C19H21FN2O3S/c1-14-7-8-15(20)11-18(14)21-12-19(23)22(16-5-3-2-4-6-16)17-9-10-26(24,25)13-17/h2-8,11,17,21H,9-10,12-13H2,1H3/t17-/m1/s1. The third kappa shape index (κ3) is 4.22. The number of halogens is 1. The maximum absolute atomic E-state index is 13.4. The quantitative estimate of drug-likeness (QED) is 0.871. The highest BCUT2D eigenvalue weighted by atomic mass is 32.2. The van der Waals surface area contributed by atoms with Crippen molar-refractivity contribution in [2.75, 3.05) is 28.3 Å². The van der Waals surface area contributed by atoms with Gasteiger partial charge in [0.15, 0.2) is 9.84 Å². The maximum atomic E-state index is 13.4. The van der Waals surface area contributed by atoms with E-state index in [0.717, 1.165) is 5.56 Å². The Morgan fingerprint density at radius 2 is 1.96 bits per heavy atom. The molecule has 7 heteroatoms. The van der Waals surface area contributed by atoms with Gasteiger partial charge < -0.3 is 10.2 Å². The Morgan fingerprint density at radius 1 is 1.23 bits per heavy atom. The van der Waals surface area contributed by atoms with Crippen molar-refractivity contribution < 1.29 is 17.6 Å². The number of carbonyl (C=O) groups excluding carboxylic acids is 1. The Hall–Kier alpha value is -2.41. The first-order valence-electron chi connectivity index (χ1n) is 8.43. The highest BCUT2D eigenvalue weighted by molar-refractivity contribution is 7.91. The SMILES string of the molecule is Cc1ccc(F)cc1NCC(=O)N(c1ccccc1)[C@@H]1CCS(=O)(=O)C1. The van der Waals surface area contributed by atoms with Crippen molar-refractivity contribution in [1.29, 1.82) is 0 Å². The lowest BCUT2D eigenvalue weighted by molar-refractivity contribution is -0.117. The van der Waals surface area contributed by atoms with Crippen molar-refractivity contribution >= 4 is 27.1 Å². The molecular formula is C19H21FN2O3S. The topological polar surface area (TPSA) is 66.5 Å². The lowest BCUT2D eigenvalue weighted by Crippen LogP contribution is -2.44. The predicted octanol–water partition coefficient (Wildman–Crippen LogP) is 2.77. The number of rotatable bonds is 5. The monoisotopic (exact) mass is 376 g/mol. The molecule has 1 saturated heterocycles. The Labute approximate surface area is 152 Å². The van der Waals surface area contributed by atoms with Gasteiger partial charge in [-0.15, -0.1) is 0 Å². The molecule has 5 nitrogen and oxygen atoms in total. The summed E-state index contributed by atoms with van der Waals surface area (Å²) in [6.45, 7) is 1.78. The van der Waals surface area contributed by atoms with Crippen LogP contribution in [0.15, 0.2) is 48.5 Å². The van der Waals surface area contributed by atoms with Gasteiger partial charge in [-0.3, -0.25) is 4.79 Å². The van der Waals surface area contributed by atoms with Crippen LogP contribution in [-0.4, -0.2) is 38.4 Å². The van der Waals surface area contributed by atoms with Crippen LogP contribution in [0.25, 0.3) is 0 Å². The number of hydrogen-bond acceptors (Lipinski definition) is 4. The number of anilines is 2. The molecule has 1 atom stereocenters. The second kappa shape index (κ2) is 7.45.